The maximum Gasteiger partial charge on any atom is 0.323 e. The van der Waals surface area contributed by atoms with Crippen LogP contribution < -0.4 is 4.90 Å². The first-order valence-electron chi connectivity index (χ1n) is 9.93. The van der Waals surface area contributed by atoms with Gasteiger partial charge in [-0.1, -0.05) is 6.92 Å². The average molecular weight is 389 g/mol. The highest BCUT2D eigenvalue weighted by Gasteiger charge is 2.27. The smallest absolute Gasteiger partial charge is 0.323 e. The minimum Gasteiger partial charge on any atom is -0.480 e. The summed E-state index contributed by atoms with van der Waals surface area (Å²) in [5, 5.41) is 9.06. The third-order valence-corrected chi connectivity index (χ3v) is 5.25. The molecule has 1 unspecified atom stereocenters. The summed E-state index contributed by atoms with van der Waals surface area (Å²) >= 11 is 0. The van der Waals surface area contributed by atoms with Crippen molar-refractivity contribution in [3.63, 3.8) is 0 Å². The van der Waals surface area contributed by atoms with E-state index in [1.807, 2.05) is 36.2 Å². The first-order chi connectivity index (χ1) is 13.3. The molecule has 1 heterocycles. The second-order valence-electron chi connectivity index (χ2n) is 7.39. The van der Waals surface area contributed by atoms with Gasteiger partial charge >= 0.3 is 5.97 Å². The highest BCUT2D eigenvalue weighted by atomic mass is 16.4. The number of likely N-dealkylation sites (tertiary alicyclic amines) is 1. The van der Waals surface area contributed by atoms with Gasteiger partial charge in [-0.3, -0.25) is 14.4 Å². The molecule has 7 nitrogen and oxygen atoms in total. The number of hydrogen-bond donors (Lipinski definition) is 1. The minimum atomic E-state index is -1.01. The normalized spacial score (nSPS) is 17.0. The Labute approximate surface area is 166 Å². The topological polar surface area (TPSA) is 81.2 Å². The van der Waals surface area contributed by atoms with E-state index in [4.69, 9.17) is 5.11 Å². The predicted molar refractivity (Wildman–Crippen MR) is 109 cm³/mol. The summed E-state index contributed by atoms with van der Waals surface area (Å²) < 4.78 is 0. The number of rotatable bonds is 7. The molecule has 1 fully saturated rings. The number of carbonyl (C=O) groups excluding carboxylic acids is 2. The Bertz CT molecular complexity index is 689. The number of carbonyl (C=O) groups is 3. The molecule has 1 aromatic carbocycles. The van der Waals surface area contributed by atoms with E-state index in [1.165, 1.54) is 11.8 Å². The molecule has 1 saturated heterocycles. The number of amides is 2. The first kappa shape index (κ1) is 21.7. The molecule has 7 heteroatoms. The van der Waals surface area contributed by atoms with Crippen LogP contribution in [0.3, 0.4) is 0 Å². The van der Waals surface area contributed by atoms with Gasteiger partial charge in [0.05, 0.1) is 0 Å². The van der Waals surface area contributed by atoms with Gasteiger partial charge < -0.3 is 19.8 Å². The van der Waals surface area contributed by atoms with E-state index >= 15 is 0 Å². The fourth-order valence-electron chi connectivity index (χ4n) is 3.74. The van der Waals surface area contributed by atoms with E-state index in [-0.39, 0.29) is 24.4 Å². The molecule has 1 N–H and O–H groups in total. The number of nitrogens with zero attached hydrogens (tertiary/aromatic N) is 3. The average Bonchev–Trinajstić information content (AvgIpc) is 2.91. The van der Waals surface area contributed by atoms with E-state index in [2.05, 4.69) is 11.8 Å². The van der Waals surface area contributed by atoms with E-state index < -0.39 is 5.97 Å². The van der Waals surface area contributed by atoms with Crippen molar-refractivity contribution >= 4 is 23.5 Å². The summed E-state index contributed by atoms with van der Waals surface area (Å²) in [7, 11) is 2.03. The number of carboxylic acid groups (broad SMARTS) is 1. The van der Waals surface area contributed by atoms with Crippen LogP contribution in [0.15, 0.2) is 24.3 Å². The van der Waals surface area contributed by atoms with Crippen LogP contribution in [0.25, 0.3) is 0 Å². The lowest BCUT2D eigenvalue weighted by atomic mass is 10.1. The summed E-state index contributed by atoms with van der Waals surface area (Å²) in [5.41, 5.74) is 1.74. The molecule has 0 aromatic heterocycles. The van der Waals surface area contributed by atoms with Gasteiger partial charge in [-0.2, -0.15) is 0 Å². The van der Waals surface area contributed by atoms with Gasteiger partial charge in [-0.25, -0.2) is 0 Å². The van der Waals surface area contributed by atoms with Crippen LogP contribution in [0.2, 0.25) is 0 Å². The molecule has 154 valence electrons. The SMILES string of the molecule is CCCN(C)c1ccc(C(=O)N2CCCC(N(CC(=O)O)C(C)=O)CC2)cc1. The van der Waals surface area contributed by atoms with Crippen molar-refractivity contribution in [2.75, 3.05) is 38.1 Å². The van der Waals surface area contributed by atoms with Crippen LogP contribution >= 0.6 is 0 Å². The zero-order valence-electron chi connectivity index (χ0n) is 17.1. The summed E-state index contributed by atoms with van der Waals surface area (Å²) in [5.74, 6) is -1.27. The molecule has 1 aliphatic heterocycles. The van der Waals surface area contributed by atoms with Gasteiger partial charge in [0.25, 0.3) is 5.91 Å². The molecule has 0 bridgehead atoms. The van der Waals surface area contributed by atoms with Crippen LogP contribution in [-0.2, 0) is 9.59 Å². The predicted octanol–water partition coefficient (Wildman–Crippen LogP) is 2.46. The maximum atomic E-state index is 12.9. The second-order valence-corrected chi connectivity index (χ2v) is 7.39. The fourth-order valence-corrected chi connectivity index (χ4v) is 3.74. The molecule has 2 rings (SSSR count). The molecular weight excluding hydrogens is 358 g/mol. The van der Waals surface area contributed by atoms with Crippen molar-refractivity contribution in [3.8, 4) is 0 Å². The van der Waals surface area contributed by atoms with Crippen LogP contribution in [-0.4, -0.2) is 72.0 Å². The van der Waals surface area contributed by atoms with Gasteiger partial charge in [0.1, 0.15) is 6.54 Å². The highest BCUT2D eigenvalue weighted by Crippen LogP contribution is 2.20. The lowest BCUT2D eigenvalue weighted by molar-refractivity contribution is -0.145. The van der Waals surface area contributed by atoms with Crippen molar-refractivity contribution in [2.24, 2.45) is 0 Å². The first-order valence-corrected chi connectivity index (χ1v) is 9.93. The van der Waals surface area contributed by atoms with Crippen molar-refractivity contribution in [1.82, 2.24) is 9.80 Å². The summed E-state index contributed by atoms with van der Waals surface area (Å²) in [6, 6.07) is 7.51. The van der Waals surface area contributed by atoms with Crippen LogP contribution in [0.1, 0.15) is 49.9 Å². The lowest BCUT2D eigenvalue weighted by Crippen LogP contribution is -2.43. The molecule has 0 saturated carbocycles. The van der Waals surface area contributed by atoms with Gasteiger partial charge in [-0.05, 0) is 49.9 Å². The summed E-state index contributed by atoms with van der Waals surface area (Å²) in [6.45, 7) is 5.33. The highest BCUT2D eigenvalue weighted by molar-refractivity contribution is 5.94. The van der Waals surface area contributed by atoms with E-state index in [0.29, 0.717) is 31.5 Å². The minimum absolute atomic E-state index is 0.0158. The quantitative estimate of drug-likeness (QED) is 0.775. The van der Waals surface area contributed by atoms with E-state index in [9.17, 15) is 14.4 Å². The second kappa shape index (κ2) is 10.1. The van der Waals surface area contributed by atoms with Crippen molar-refractivity contribution in [3.05, 3.63) is 29.8 Å². The van der Waals surface area contributed by atoms with Crippen molar-refractivity contribution in [1.29, 1.82) is 0 Å². The summed E-state index contributed by atoms with van der Waals surface area (Å²) in [6.07, 6.45) is 3.11. The van der Waals surface area contributed by atoms with Crippen LogP contribution in [0.4, 0.5) is 5.69 Å². The largest absolute Gasteiger partial charge is 0.480 e. The maximum absolute atomic E-state index is 12.9. The number of aliphatic carboxylic acids is 1. The van der Waals surface area contributed by atoms with Gasteiger partial charge in [0, 0.05) is 50.9 Å². The summed E-state index contributed by atoms with van der Waals surface area (Å²) in [4.78, 5) is 41.2. The van der Waals surface area contributed by atoms with E-state index in [1.54, 1.807) is 0 Å². The molecule has 1 aromatic rings. The number of benzene rings is 1. The number of hydrogen-bond acceptors (Lipinski definition) is 4. The molecule has 2 amide bonds. The molecule has 1 aliphatic rings. The Balaban J connectivity index is 2.02. The standard InChI is InChI=1S/C21H31N3O4/c1-4-12-22(3)18-9-7-17(8-10-18)21(28)23-13-5-6-19(11-14-23)24(16(2)25)15-20(26)27/h7-10,19H,4-6,11-15H2,1-3H3,(H,26,27). The fraction of sp³-hybridized carbons (Fsp3) is 0.571. The Kier molecular flexibility index (Phi) is 7.84. The number of carboxylic acids is 1. The zero-order valence-corrected chi connectivity index (χ0v) is 17.1. The van der Waals surface area contributed by atoms with Gasteiger partial charge in [-0.15, -0.1) is 0 Å². The molecular formula is C21H31N3O4. The Hall–Kier alpha value is -2.57. The third kappa shape index (κ3) is 5.71. The van der Waals surface area contributed by atoms with Crippen LogP contribution in [0, 0.1) is 0 Å². The Morgan fingerprint density at radius 3 is 2.39 bits per heavy atom. The monoisotopic (exact) mass is 389 g/mol. The van der Waals surface area contributed by atoms with Crippen molar-refractivity contribution < 1.29 is 19.5 Å². The molecule has 0 spiro atoms. The molecule has 1 atom stereocenters. The Morgan fingerprint density at radius 2 is 1.82 bits per heavy atom. The third-order valence-electron chi connectivity index (χ3n) is 5.25. The Morgan fingerprint density at radius 1 is 1.14 bits per heavy atom. The molecule has 28 heavy (non-hydrogen) atoms. The lowest BCUT2D eigenvalue weighted by Gasteiger charge is -2.29. The molecule has 0 aliphatic carbocycles. The van der Waals surface area contributed by atoms with E-state index in [0.717, 1.165) is 25.1 Å². The van der Waals surface area contributed by atoms with Gasteiger partial charge in [0.2, 0.25) is 5.91 Å². The van der Waals surface area contributed by atoms with Crippen molar-refractivity contribution in [2.45, 2.75) is 45.6 Å². The van der Waals surface area contributed by atoms with Gasteiger partial charge in [0.15, 0.2) is 0 Å². The van der Waals surface area contributed by atoms with Crippen LogP contribution in [0.5, 0.6) is 0 Å². The molecule has 0 radical (unpaired) electrons. The number of anilines is 1. The zero-order chi connectivity index (χ0) is 20.7.